The predicted octanol–water partition coefficient (Wildman–Crippen LogP) is 5.60. The lowest BCUT2D eigenvalue weighted by molar-refractivity contribution is -0.137. The number of aryl methyl sites for hydroxylation is 1. The fraction of sp³-hybridized carbons (Fsp3) is 0.364. The molecule has 0 spiro atoms. The Morgan fingerprint density at radius 3 is 2.45 bits per heavy atom. The van der Waals surface area contributed by atoms with Gasteiger partial charge < -0.3 is 20.3 Å². The molecule has 2 aromatic heterocycles. The van der Waals surface area contributed by atoms with Crippen molar-refractivity contribution in [1.29, 1.82) is 0 Å². The maximum atomic E-state index is 13.9. The number of nitrogens with one attached hydrogen (secondary N) is 2. The summed E-state index contributed by atoms with van der Waals surface area (Å²) in [6.07, 6.45) is -1.66. The maximum Gasteiger partial charge on any atom is 0.416 e. The highest BCUT2D eigenvalue weighted by atomic mass is 19.4. The second-order valence-electron chi connectivity index (χ2n) is 11.8. The van der Waals surface area contributed by atoms with Crippen LogP contribution >= 0.6 is 0 Å². The quantitative estimate of drug-likeness (QED) is 0.255. The molecule has 3 amide bonds. The van der Waals surface area contributed by atoms with Crippen LogP contribution < -0.4 is 10.6 Å². The van der Waals surface area contributed by atoms with Crippen molar-refractivity contribution in [1.82, 2.24) is 24.4 Å². The number of aromatic nitrogens is 3. The van der Waals surface area contributed by atoms with E-state index < -0.39 is 23.7 Å². The zero-order valence-electron chi connectivity index (χ0n) is 25.9. The molecule has 11 nitrogen and oxygen atoms in total. The summed E-state index contributed by atoms with van der Waals surface area (Å²) in [7, 11) is 0. The second-order valence-corrected chi connectivity index (χ2v) is 11.8. The van der Waals surface area contributed by atoms with E-state index in [0.29, 0.717) is 54.5 Å². The molecule has 1 aliphatic heterocycles. The van der Waals surface area contributed by atoms with Crippen LogP contribution in [-0.2, 0) is 22.3 Å². The third-order valence-electron chi connectivity index (χ3n) is 8.18. The standard InChI is InChI=1S/C33H34F3N7O4/c1-3-47-32(46)42-12-10-41(11-13-42)18-21-14-24(33(34,35)36)17-25(15-21)37-31(45)23-5-4-20(2)26(16-23)27-8-9-29-38-28(19-43(29)40-27)39-30(44)22-6-7-22/h4-5,8-9,14-17,19,22H,3,6-7,10-13,18H2,1-2H3,(H,37,45)(H,39,44). The molecular weight excluding hydrogens is 615 g/mol. The van der Waals surface area contributed by atoms with E-state index >= 15 is 0 Å². The van der Waals surface area contributed by atoms with Crippen LogP contribution in [0.4, 0.5) is 29.5 Å². The first-order valence-corrected chi connectivity index (χ1v) is 15.4. The predicted molar refractivity (Wildman–Crippen MR) is 168 cm³/mol. The van der Waals surface area contributed by atoms with Gasteiger partial charge in [0.2, 0.25) is 5.91 Å². The van der Waals surface area contributed by atoms with Gasteiger partial charge in [-0.15, -0.1) is 0 Å². The summed E-state index contributed by atoms with van der Waals surface area (Å²) in [6, 6.07) is 12.0. The molecule has 0 radical (unpaired) electrons. The Bertz CT molecular complexity index is 1830. The fourth-order valence-electron chi connectivity index (χ4n) is 5.48. The van der Waals surface area contributed by atoms with Gasteiger partial charge in [0.15, 0.2) is 11.5 Å². The van der Waals surface area contributed by atoms with Crippen molar-refractivity contribution in [3.63, 3.8) is 0 Å². The van der Waals surface area contributed by atoms with Gasteiger partial charge in [0.25, 0.3) is 5.91 Å². The summed E-state index contributed by atoms with van der Waals surface area (Å²) >= 11 is 0. The van der Waals surface area contributed by atoms with Crippen molar-refractivity contribution in [2.75, 3.05) is 43.4 Å². The highest BCUT2D eigenvalue weighted by Gasteiger charge is 2.32. The Hall–Kier alpha value is -4.98. The minimum absolute atomic E-state index is 0.0193. The molecule has 1 saturated carbocycles. The monoisotopic (exact) mass is 649 g/mol. The van der Waals surface area contributed by atoms with Crippen molar-refractivity contribution in [2.45, 2.75) is 39.4 Å². The number of imidazole rings is 1. The largest absolute Gasteiger partial charge is 0.450 e. The number of ether oxygens (including phenoxy) is 1. The van der Waals surface area contributed by atoms with Crippen molar-refractivity contribution in [3.8, 4) is 11.3 Å². The van der Waals surface area contributed by atoms with Crippen LogP contribution in [0.25, 0.3) is 16.9 Å². The fourth-order valence-corrected chi connectivity index (χ4v) is 5.48. The number of amides is 3. The van der Waals surface area contributed by atoms with Crippen molar-refractivity contribution in [3.05, 3.63) is 77.0 Å². The van der Waals surface area contributed by atoms with Gasteiger partial charge in [-0.2, -0.15) is 18.3 Å². The summed E-state index contributed by atoms with van der Waals surface area (Å²) in [5, 5.41) is 10.1. The van der Waals surface area contributed by atoms with Gasteiger partial charge in [-0.1, -0.05) is 6.07 Å². The molecule has 0 bridgehead atoms. The Morgan fingerprint density at radius 2 is 1.74 bits per heavy atom. The van der Waals surface area contributed by atoms with Crippen molar-refractivity contribution < 1.29 is 32.3 Å². The van der Waals surface area contributed by atoms with E-state index in [4.69, 9.17) is 4.74 Å². The molecule has 6 rings (SSSR count). The number of carbonyl (C=O) groups excluding carboxylic acids is 3. The zero-order valence-corrected chi connectivity index (χ0v) is 25.9. The van der Waals surface area contributed by atoms with E-state index in [-0.39, 0.29) is 36.2 Å². The second kappa shape index (κ2) is 13.0. The van der Waals surface area contributed by atoms with Gasteiger partial charge in [0.05, 0.1) is 24.1 Å². The minimum Gasteiger partial charge on any atom is -0.450 e. The van der Waals surface area contributed by atoms with Crippen LogP contribution in [0.2, 0.25) is 0 Å². The molecule has 1 saturated heterocycles. The van der Waals surface area contributed by atoms with Crippen LogP contribution in [0, 0.1) is 12.8 Å². The zero-order chi connectivity index (χ0) is 33.3. The molecule has 4 aromatic rings. The normalized spacial score (nSPS) is 15.5. The molecule has 246 valence electrons. The SMILES string of the molecule is CCOC(=O)N1CCN(Cc2cc(NC(=O)c3ccc(C)c(-c4ccc5nc(NC(=O)C6CC6)cn5n4)c3)cc(C(F)(F)F)c2)CC1. The van der Waals surface area contributed by atoms with Crippen LogP contribution in [0.1, 0.15) is 46.8 Å². The van der Waals surface area contributed by atoms with Gasteiger partial charge in [0.1, 0.15) is 0 Å². The van der Waals surface area contributed by atoms with Crippen LogP contribution in [-0.4, -0.2) is 75.1 Å². The van der Waals surface area contributed by atoms with Crippen LogP contribution in [0.15, 0.2) is 54.7 Å². The molecule has 0 unspecified atom stereocenters. The van der Waals surface area contributed by atoms with Gasteiger partial charge in [-0.05, 0) is 80.3 Å². The molecule has 1 aliphatic carbocycles. The number of nitrogens with zero attached hydrogens (tertiary/aromatic N) is 5. The van der Waals surface area contributed by atoms with E-state index in [2.05, 4.69) is 20.7 Å². The van der Waals surface area contributed by atoms with Crippen LogP contribution in [0.5, 0.6) is 0 Å². The molecule has 47 heavy (non-hydrogen) atoms. The van der Waals surface area contributed by atoms with Gasteiger partial charge in [-0.25, -0.2) is 14.3 Å². The highest BCUT2D eigenvalue weighted by molar-refractivity contribution is 6.05. The molecule has 2 N–H and O–H groups in total. The number of hydrogen-bond acceptors (Lipinski definition) is 7. The van der Waals surface area contributed by atoms with Gasteiger partial charge >= 0.3 is 12.3 Å². The summed E-state index contributed by atoms with van der Waals surface area (Å²) in [5.41, 5.74) is 2.35. The Kier molecular flexibility index (Phi) is 8.86. The number of piperazine rings is 1. The topological polar surface area (TPSA) is 121 Å². The number of hydrogen-bond donors (Lipinski definition) is 2. The number of anilines is 2. The Labute approximate surface area is 268 Å². The van der Waals surface area contributed by atoms with E-state index in [0.717, 1.165) is 30.5 Å². The number of benzene rings is 2. The first-order chi connectivity index (χ1) is 22.5. The molecule has 3 heterocycles. The first kappa shape index (κ1) is 32.0. The first-order valence-electron chi connectivity index (χ1n) is 15.4. The Morgan fingerprint density at radius 1 is 0.979 bits per heavy atom. The molecule has 2 fully saturated rings. The summed E-state index contributed by atoms with van der Waals surface area (Å²) in [6.45, 7) is 5.81. The number of alkyl halides is 3. The summed E-state index contributed by atoms with van der Waals surface area (Å²) in [4.78, 5) is 45.5. The third kappa shape index (κ3) is 7.54. The highest BCUT2D eigenvalue weighted by Crippen LogP contribution is 2.33. The lowest BCUT2D eigenvalue weighted by Gasteiger charge is -2.34. The Balaban J connectivity index is 1.18. The molecule has 2 aliphatic rings. The molecule has 0 atom stereocenters. The third-order valence-corrected chi connectivity index (χ3v) is 8.18. The molecule has 14 heteroatoms. The lowest BCUT2D eigenvalue weighted by Crippen LogP contribution is -2.48. The van der Waals surface area contributed by atoms with E-state index in [1.165, 1.54) is 6.07 Å². The van der Waals surface area contributed by atoms with E-state index in [9.17, 15) is 27.6 Å². The average molecular weight is 650 g/mol. The van der Waals surface area contributed by atoms with Crippen molar-refractivity contribution in [2.24, 2.45) is 5.92 Å². The lowest BCUT2D eigenvalue weighted by atomic mass is 10.0. The van der Waals surface area contributed by atoms with E-state index in [1.807, 2.05) is 11.8 Å². The maximum absolute atomic E-state index is 13.9. The van der Waals surface area contributed by atoms with Gasteiger partial charge in [0, 0.05) is 55.5 Å². The van der Waals surface area contributed by atoms with E-state index in [1.54, 1.807) is 52.9 Å². The minimum atomic E-state index is -4.62. The smallest absolute Gasteiger partial charge is 0.416 e. The summed E-state index contributed by atoms with van der Waals surface area (Å²) in [5.74, 6) is -0.211. The summed E-state index contributed by atoms with van der Waals surface area (Å²) < 4.78 is 48.2. The van der Waals surface area contributed by atoms with Crippen molar-refractivity contribution >= 4 is 35.1 Å². The van der Waals surface area contributed by atoms with Gasteiger partial charge in [-0.3, -0.25) is 14.5 Å². The van der Waals surface area contributed by atoms with Crippen LogP contribution in [0.3, 0.4) is 0 Å². The average Bonchev–Trinajstić information content (AvgIpc) is 3.81. The number of carbonyl (C=O) groups is 3. The molecule has 2 aromatic carbocycles. The number of halogens is 3. The number of rotatable bonds is 8. The number of fused-ring (bicyclic) bond motifs is 1. The molecular formula is C33H34F3N7O4.